The van der Waals surface area contributed by atoms with E-state index >= 15 is 0 Å². The third kappa shape index (κ3) is 4.43. The van der Waals surface area contributed by atoms with Crippen LogP contribution in [0.15, 0.2) is 206 Å². The van der Waals surface area contributed by atoms with Gasteiger partial charge in [0.2, 0.25) is 0 Å². The molecule has 0 bridgehead atoms. The van der Waals surface area contributed by atoms with E-state index in [-0.39, 0.29) is 0 Å². The van der Waals surface area contributed by atoms with E-state index in [4.69, 9.17) is 0 Å². The minimum Gasteiger partial charge on any atom is -0.309 e. The Balaban J connectivity index is 0.948. The molecule has 12 aromatic rings. The van der Waals surface area contributed by atoms with Crippen LogP contribution in [0.4, 0.5) is 0 Å². The molecule has 0 fully saturated rings. The van der Waals surface area contributed by atoms with Crippen LogP contribution in [0, 0.1) is 0 Å². The topological polar surface area (TPSA) is 9.86 Å². The fraction of sp³-hybridized carbons (Fsp3) is 0. The second-order valence-electron chi connectivity index (χ2n) is 15.7. The van der Waals surface area contributed by atoms with Gasteiger partial charge in [-0.2, -0.15) is 0 Å². The highest BCUT2D eigenvalue weighted by Gasteiger charge is 2.23. The lowest BCUT2D eigenvalue weighted by molar-refractivity contribution is 1.18. The van der Waals surface area contributed by atoms with Crippen LogP contribution in [-0.2, 0) is 0 Å². The van der Waals surface area contributed by atoms with Crippen molar-refractivity contribution < 1.29 is 0 Å². The summed E-state index contributed by atoms with van der Waals surface area (Å²) in [5, 5.41) is 10.2. The number of fused-ring (bicyclic) bond motifs is 10. The Bertz CT molecular complexity index is 3660. The van der Waals surface area contributed by atoms with E-state index in [2.05, 4.69) is 215 Å². The molecule has 0 saturated heterocycles. The molecule has 2 nitrogen and oxygen atoms in total. The molecule has 58 heavy (non-hydrogen) atoms. The van der Waals surface area contributed by atoms with Crippen molar-refractivity contribution in [2.24, 2.45) is 0 Å². The van der Waals surface area contributed by atoms with Gasteiger partial charge in [-0.05, 0) is 127 Å². The molecule has 2 heterocycles. The molecule has 2 heteroatoms. The highest BCUT2D eigenvalue weighted by atomic mass is 15.0. The average Bonchev–Trinajstić information content (AvgIpc) is 3.92. The first-order valence-electron chi connectivity index (χ1n) is 20.1. The van der Waals surface area contributed by atoms with Crippen LogP contribution in [0.2, 0.25) is 0 Å². The van der Waals surface area contributed by atoms with Crippen molar-refractivity contribution in [3.05, 3.63) is 206 Å². The first kappa shape index (κ1) is 31.5. The van der Waals surface area contributed by atoms with Crippen LogP contribution in [0.5, 0.6) is 0 Å². The monoisotopic (exact) mass is 734 g/mol. The van der Waals surface area contributed by atoms with E-state index in [1.807, 2.05) is 0 Å². The molecule has 0 amide bonds. The first-order valence-corrected chi connectivity index (χ1v) is 20.1. The SMILES string of the molecule is c1cc(-c2ccc3c4c(cccc24)-c2ccccc2-3)cc(-n2c3ccccc3c3cc(-c4ccc5c(c4)c4ccccc4n5-c4ccc5ccccc5c4)ccc32)c1. The molecule has 13 rings (SSSR count). The molecule has 268 valence electrons. The minimum atomic E-state index is 1.16. The molecule has 0 atom stereocenters. The molecular weight excluding hydrogens is 701 g/mol. The van der Waals surface area contributed by atoms with E-state index in [0.29, 0.717) is 0 Å². The van der Waals surface area contributed by atoms with Crippen molar-refractivity contribution in [1.29, 1.82) is 0 Å². The second kappa shape index (κ2) is 11.9. The van der Waals surface area contributed by atoms with Gasteiger partial charge in [0, 0.05) is 32.9 Å². The van der Waals surface area contributed by atoms with Gasteiger partial charge in [-0.15, -0.1) is 0 Å². The van der Waals surface area contributed by atoms with Crippen molar-refractivity contribution in [1.82, 2.24) is 9.13 Å². The number of hydrogen-bond acceptors (Lipinski definition) is 0. The van der Waals surface area contributed by atoms with Gasteiger partial charge in [0.1, 0.15) is 0 Å². The fourth-order valence-corrected chi connectivity index (χ4v) is 10.0. The molecular formula is C56H34N2. The predicted molar refractivity (Wildman–Crippen MR) is 245 cm³/mol. The fourth-order valence-electron chi connectivity index (χ4n) is 10.0. The first-order chi connectivity index (χ1) is 28.8. The smallest absolute Gasteiger partial charge is 0.0541 e. The van der Waals surface area contributed by atoms with Gasteiger partial charge in [-0.25, -0.2) is 0 Å². The van der Waals surface area contributed by atoms with Crippen molar-refractivity contribution in [2.75, 3.05) is 0 Å². The van der Waals surface area contributed by atoms with Crippen LogP contribution in [0.1, 0.15) is 0 Å². The summed E-state index contributed by atoms with van der Waals surface area (Å²) in [4.78, 5) is 0. The van der Waals surface area contributed by atoms with Crippen LogP contribution in [0.3, 0.4) is 0 Å². The quantitative estimate of drug-likeness (QED) is 0.170. The Morgan fingerprint density at radius 2 is 0.759 bits per heavy atom. The Labute approximate surface area is 335 Å². The Kier molecular flexibility index (Phi) is 6.47. The lowest BCUT2D eigenvalue weighted by Crippen LogP contribution is -1.94. The molecule has 0 N–H and O–H groups in total. The van der Waals surface area contributed by atoms with Crippen molar-refractivity contribution in [3.63, 3.8) is 0 Å². The van der Waals surface area contributed by atoms with E-state index < -0.39 is 0 Å². The molecule has 0 saturated carbocycles. The summed E-state index contributed by atoms with van der Waals surface area (Å²) in [6, 6.07) is 76.3. The van der Waals surface area contributed by atoms with Crippen molar-refractivity contribution in [2.45, 2.75) is 0 Å². The molecule has 10 aromatic carbocycles. The van der Waals surface area contributed by atoms with Crippen LogP contribution in [-0.4, -0.2) is 9.13 Å². The highest BCUT2D eigenvalue weighted by molar-refractivity contribution is 6.19. The molecule has 0 spiro atoms. The van der Waals surface area contributed by atoms with E-state index in [9.17, 15) is 0 Å². The number of rotatable bonds is 4. The molecule has 0 aliphatic heterocycles. The average molecular weight is 735 g/mol. The molecule has 1 aliphatic rings. The lowest BCUT2D eigenvalue weighted by Gasteiger charge is -2.13. The number of benzene rings is 10. The summed E-state index contributed by atoms with van der Waals surface area (Å²) in [6.45, 7) is 0. The zero-order chi connectivity index (χ0) is 37.9. The van der Waals surface area contributed by atoms with E-state index in [1.165, 1.54) is 115 Å². The van der Waals surface area contributed by atoms with Gasteiger partial charge < -0.3 is 9.13 Å². The Morgan fingerprint density at radius 3 is 1.47 bits per heavy atom. The molecule has 0 unspecified atom stereocenters. The van der Waals surface area contributed by atoms with Crippen LogP contribution in [0.25, 0.3) is 121 Å². The van der Waals surface area contributed by atoms with Gasteiger partial charge in [-0.3, -0.25) is 0 Å². The maximum absolute atomic E-state index is 2.44. The predicted octanol–water partition coefficient (Wildman–Crippen LogP) is 15.2. The lowest BCUT2D eigenvalue weighted by atomic mass is 9.94. The molecule has 2 aromatic heterocycles. The highest BCUT2D eigenvalue weighted by Crippen LogP contribution is 2.49. The van der Waals surface area contributed by atoms with Crippen molar-refractivity contribution in [3.8, 4) is 55.9 Å². The van der Waals surface area contributed by atoms with Gasteiger partial charge >= 0.3 is 0 Å². The largest absolute Gasteiger partial charge is 0.309 e. The van der Waals surface area contributed by atoms with Gasteiger partial charge in [0.15, 0.2) is 0 Å². The number of aromatic nitrogens is 2. The summed E-state index contributed by atoms with van der Waals surface area (Å²) < 4.78 is 4.85. The van der Waals surface area contributed by atoms with Crippen LogP contribution < -0.4 is 0 Å². The summed E-state index contributed by atoms with van der Waals surface area (Å²) in [6.07, 6.45) is 0. The van der Waals surface area contributed by atoms with Gasteiger partial charge in [-0.1, -0.05) is 146 Å². The summed E-state index contributed by atoms with van der Waals surface area (Å²) in [5.74, 6) is 0. The normalized spacial score (nSPS) is 12.1. The maximum Gasteiger partial charge on any atom is 0.0541 e. The summed E-state index contributed by atoms with van der Waals surface area (Å²) in [7, 11) is 0. The Morgan fingerprint density at radius 1 is 0.241 bits per heavy atom. The van der Waals surface area contributed by atoms with E-state index in [0.717, 1.165) is 5.69 Å². The second-order valence-corrected chi connectivity index (χ2v) is 15.7. The summed E-state index contributed by atoms with van der Waals surface area (Å²) in [5.41, 5.74) is 17.4. The van der Waals surface area contributed by atoms with E-state index in [1.54, 1.807) is 0 Å². The Hall–Kier alpha value is -7.68. The number of hydrogen-bond donors (Lipinski definition) is 0. The van der Waals surface area contributed by atoms with Crippen LogP contribution >= 0.6 is 0 Å². The maximum atomic E-state index is 2.44. The number of nitrogens with zero attached hydrogens (tertiary/aromatic N) is 2. The number of para-hydroxylation sites is 2. The zero-order valence-electron chi connectivity index (χ0n) is 31.5. The zero-order valence-corrected chi connectivity index (χ0v) is 31.5. The summed E-state index contributed by atoms with van der Waals surface area (Å²) >= 11 is 0. The third-order valence-corrected chi connectivity index (χ3v) is 12.6. The van der Waals surface area contributed by atoms with Gasteiger partial charge in [0.25, 0.3) is 0 Å². The molecule has 0 radical (unpaired) electrons. The van der Waals surface area contributed by atoms with Gasteiger partial charge in [0.05, 0.1) is 22.1 Å². The minimum absolute atomic E-state index is 1.16. The van der Waals surface area contributed by atoms with Crippen molar-refractivity contribution >= 4 is 65.2 Å². The third-order valence-electron chi connectivity index (χ3n) is 12.6. The standard InChI is InChI=1S/C56H34N2/c1-2-12-36-31-41(26-23-35(36)11-1)58-53-22-8-6-18-46(53)51-34-38(25-30-55(51)58)37-24-29-54-50(33-37)45-17-5-7-21-52(45)57(54)40-14-9-13-39(32-40)42-27-28-49-44-16-4-3-15-43(44)48-20-10-19-47(42)56(48)49/h1-34H. The molecule has 1 aliphatic carbocycles.